The van der Waals surface area contributed by atoms with E-state index < -0.39 is 6.10 Å². The molecule has 3 aliphatic heterocycles. The van der Waals surface area contributed by atoms with Crippen molar-refractivity contribution in [3.05, 3.63) is 23.8 Å². The fourth-order valence-corrected chi connectivity index (χ4v) is 4.42. The molecule has 4 rings (SSSR count). The fraction of sp³-hybridized carbons (Fsp3) is 0.714. The number of aliphatic hydroxyl groups is 1. The summed E-state index contributed by atoms with van der Waals surface area (Å²) in [6.45, 7) is 9.00. The van der Waals surface area contributed by atoms with Gasteiger partial charge in [0.15, 0.2) is 11.5 Å². The SMILES string of the molecule is COc1ccc(CN2CCOCC2)cc1OCC(O)CN1C[C@H]2COC[C@H]2C1. The zero-order chi connectivity index (χ0) is 19.3. The van der Waals surface area contributed by atoms with E-state index in [4.69, 9.17) is 18.9 Å². The lowest BCUT2D eigenvalue weighted by atomic mass is 10.0. The minimum atomic E-state index is -0.521. The number of rotatable bonds is 8. The number of nitrogens with zero attached hydrogens (tertiary/aromatic N) is 2. The van der Waals surface area contributed by atoms with Gasteiger partial charge in [-0.2, -0.15) is 0 Å². The second-order valence-electron chi connectivity index (χ2n) is 8.11. The Morgan fingerprint density at radius 3 is 2.54 bits per heavy atom. The summed E-state index contributed by atoms with van der Waals surface area (Å²) in [4.78, 5) is 4.70. The summed E-state index contributed by atoms with van der Waals surface area (Å²) in [7, 11) is 1.64. The second kappa shape index (κ2) is 9.41. The number of ether oxygens (including phenoxy) is 4. The highest BCUT2D eigenvalue weighted by Gasteiger charge is 2.37. The van der Waals surface area contributed by atoms with Crippen LogP contribution < -0.4 is 9.47 Å². The number of benzene rings is 1. The van der Waals surface area contributed by atoms with Crippen LogP contribution >= 0.6 is 0 Å². The van der Waals surface area contributed by atoms with Crippen molar-refractivity contribution in [2.45, 2.75) is 12.6 Å². The average Bonchev–Trinajstić information content (AvgIpc) is 3.29. The molecule has 0 amide bonds. The van der Waals surface area contributed by atoms with E-state index >= 15 is 0 Å². The maximum absolute atomic E-state index is 10.5. The van der Waals surface area contributed by atoms with Crippen molar-refractivity contribution in [3.63, 3.8) is 0 Å². The minimum absolute atomic E-state index is 0.264. The highest BCUT2D eigenvalue weighted by molar-refractivity contribution is 5.43. The zero-order valence-electron chi connectivity index (χ0n) is 16.7. The minimum Gasteiger partial charge on any atom is -0.493 e. The van der Waals surface area contributed by atoms with E-state index in [9.17, 15) is 5.11 Å². The molecule has 3 heterocycles. The Bertz CT molecular complexity index is 625. The van der Waals surface area contributed by atoms with Crippen molar-refractivity contribution in [1.82, 2.24) is 9.80 Å². The smallest absolute Gasteiger partial charge is 0.161 e. The van der Waals surface area contributed by atoms with Crippen molar-refractivity contribution in [1.29, 1.82) is 0 Å². The molecule has 3 saturated heterocycles. The fourth-order valence-electron chi connectivity index (χ4n) is 4.42. The van der Waals surface area contributed by atoms with Crippen LogP contribution in [-0.4, -0.2) is 93.9 Å². The topological polar surface area (TPSA) is 63.6 Å². The molecule has 3 atom stereocenters. The van der Waals surface area contributed by atoms with Gasteiger partial charge in [-0.05, 0) is 17.7 Å². The van der Waals surface area contributed by atoms with Crippen LogP contribution in [0.4, 0.5) is 0 Å². The molecule has 3 aliphatic rings. The second-order valence-corrected chi connectivity index (χ2v) is 8.11. The Morgan fingerprint density at radius 1 is 1.07 bits per heavy atom. The molecule has 0 aromatic heterocycles. The highest BCUT2D eigenvalue weighted by atomic mass is 16.5. The van der Waals surface area contributed by atoms with E-state index in [0.717, 1.165) is 59.2 Å². The monoisotopic (exact) mass is 392 g/mol. The molecular formula is C21H32N2O5. The Kier molecular flexibility index (Phi) is 6.69. The van der Waals surface area contributed by atoms with Gasteiger partial charge in [0, 0.05) is 51.1 Å². The van der Waals surface area contributed by atoms with Crippen molar-refractivity contribution in [2.75, 3.05) is 72.9 Å². The Balaban J connectivity index is 1.29. The molecule has 3 fully saturated rings. The van der Waals surface area contributed by atoms with E-state index in [1.54, 1.807) is 7.11 Å². The van der Waals surface area contributed by atoms with E-state index in [-0.39, 0.29) is 6.61 Å². The van der Waals surface area contributed by atoms with Gasteiger partial charge in [-0.25, -0.2) is 0 Å². The summed E-state index contributed by atoms with van der Waals surface area (Å²) in [6.07, 6.45) is -0.521. The summed E-state index contributed by atoms with van der Waals surface area (Å²) in [5.74, 6) is 2.65. The normalized spacial score (nSPS) is 26.9. The van der Waals surface area contributed by atoms with E-state index in [1.807, 2.05) is 12.1 Å². The van der Waals surface area contributed by atoms with Crippen LogP contribution in [0.15, 0.2) is 18.2 Å². The van der Waals surface area contributed by atoms with Crippen LogP contribution in [0.5, 0.6) is 11.5 Å². The summed E-state index contributed by atoms with van der Waals surface area (Å²) in [5, 5.41) is 10.5. The van der Waals surface area contributed by atoms with Crippen LogP contribution in [0, 0.1) is 11.8 Å². The van der Waals surface area contributed by atoms with Gasteiger partial charge in [0.25, 0.3) is 0 Å². The number of hydrogen-bond acceptors (Lipinski definition) is 7. The third kappa shape index (κ3) is 4.96. The molecule has 0 saturated carbocycles. The van der Waals surface area contributed by atoms with Crippen molar-refractivity contribution in [3.8, 4) is 11.5 Å². The van der Waals surface area contributed by atoms with Gasteiger partial charge in [-0.3, -0.25) is 9.80 Å². The molecule has 1 aromatic carbocycles. The summed E-state index contributed by atoms with van der Waals surface area (Å²) in [6, 6.07) is 6.04. The quantitative estimate of drug-likeness (QED) is 0.704. The van der Waals surface area contributed by atoms with Gasteiger partial charge in [0.05, 0.1) is 33.5 Å². The standard InChI is InChI=1S/C21H32N2O5/c1-25-20-3-2-16(9-22-4-6-26-7-5-22)8-21(20)28-15-19(24)12-23-10-17-13-27-14-18(17)11-23/h2-3,8,17-19,24H,4-7,9-15H2,1H3/t17-,18+,19?. The van der Waals surface area contributed by atoms with Gasteiger partial charge in [0.1, 0.15) is 12.7 Å². The first-order chi connectivity index (χ1) is 13.7. The van der Waals surface area contributed by atoms with Gasteiger partial charge in [-0.15, -0.1) is 0 Å². The molecule has 1 N–H and O–H groups in total. The molecule has 28 heavy (non-hydrogen) atoms. The van der Waals surface area contributed by atoms with Crippen molar-refractivity contribution in [2.24, 2.45) is 11.8 Å². The highest BCUT2D eigenvalue weighted by Crippen LogP contribution is 2.30. The van der Waals surface area contributed by atoms with E-state index in [1.165, 1.54) is 5.56 Å². The van der Waals surface area contributed by atoms with Gasteiger partial charge >= 0.3 is 0 Å². The number of likely N-dealkylation sites (tertiary alicyclic amines) is 1. The average molecular weight is 392 g/mol. The number of morpholine rings is 1. The summed E-state index contributed by atoms with van der Waals surface area (Å²) in [5.41, 5.74) is 1.18. The van der Waals surface area contributed by atoms with Gasteiger partial charge in [0.2, 0.25) is 0 Å². The number of hydrogen-bond donors (Lipinski definition) is 1. The number of aliphatic hydroxyl groups excluding tert-OH is 1. The molecule has 1 unspecified atom stereocenters. The lowest BCUT2D eigenvalue weighted by molar-refractivity contribution is 0.0341. The molecular weight excluding hydrogens is 360 g/mol. The molecule has 0 radical (unpaired) electrons. The Morgan fingerprint density at radius 2 is 1.82 bits per heavy atom. The zero-order valence-corrected chi connectivity index (χ0v) is 16.7. The van der Waals surface area contributed by atoms with Crippen LogP contribution in [-0.2, 0) is 16.0 Å². The maximum Gasteiger partial charge on any atom is 0.161 e. The summed E-state index contributed by atoms with van der Waals surface area (Å²) < 4.78 is 22.3. The Hall–Kier alpha value is -1.38. The molecule has 156 valence electrons. The van der Waals surface area contributed by atoms with Gasteiger partial charge < -0.3 is 24.1 Å². The number of methoxy groups -OCH3 is 1. The maximum atomic E-state index is 10.5. The predicted octanol–water partition coefficient (Wildman–Crippen LogP) is 0.845. The van der Waals surface area contributed by atoms with Crippen LogP contribution in [0.25, 0.3) is 0 Å². The Labute approximate surface area is 167 Å². The number of fused-ring (bicyclic) bond motifs is 1. The van der Waals surface area contributed by atoms with Crippen LogP contribution in [0.2, 0.25) is 0 Å². The van der Waals surface area contributed by atoms with E-state index in [0.29, 0.717) is 29.9 Å². The van der Waals surface area contributed by atoms with E-state index in [2.05, 4.69) is 15.9 Å². The molecule has 0 spiro atoms. The lowest BCUT2D eigenvalue weighted by Gasteiger charge is -2.27. The molecule has 1 aromatic rings. The van der Waals surface area contributed by atoms with Crippen molar-refractivity contribution < 1.29 is 24.1 Å². The van der Waals surface area contributed by atoms with Crippen molar-refractivity contribution >= 4 is 0 Å². The first-order valence-electron chi connectivity index (χ1n) is 10.3. The first-order valence-corrected chi connectivity index (χ1v) is 10.3. The molecule has 7 heteroatoms. The van der Waals surface area contributed by atoms with Crippen LogP contribution in [0.3, 0.4) is 0 Å². The summed E-state index contributed by atoms with van der Waals surface area (Å²) >= 11 is 0. The first kappa shape index (κ1) is 19.9. The van der Waals surface area contributed by atoms with Crippen LogP contribution in [0.1, 0.15) is 5.56 Å². The predicted molar refractivity (Wildman–Crippen MR) is 105 cm³/mol. The lowest BCUT2D eigenvalue weighted by Crippen LogP contribution is -2.35. The van der Waals surface area contributed by atoms with Gasteiger partial charge in [-0.1, -0.05) is 6.07 Å². The molecule has 7 nitrogen and oxygen atoms in total. The molecule has 0 bridgehead atoms. The third-order valence-electron chi connectivity index (χ3n) is 5.95. The number of β-amino-alcohol motifs (C(OH)–C–C–N with tert-alkyl or cyclic N) is 1. The third-order valence-corrected chi connectivity index (χ3v) is 5.95. The molecule has 0 aliphatic carbocycles. The largest absolute Gasteiger partial charge is 0.493 e.